The fourth-order valence-electron chi connectivity index (χ4n) is 6.34. The van der Waals surface area contributed by atoms with Crippen molar-refractivity contribution in [1.29, 1.82) is 5.26 Å². The minimum Gasteiger partial charge on any atom is -0.369 e. The van der Waals surface area contributed by atoms with Gasteiger partial charge in [0.25, 0.3) is 5.91 Å². The maximum atomic E-state index is 13.9. The van der Waals surface area contributed by atoms with Crippen LogP contribution in [0.5, 0.6) is 0 Å². The Morgan fingerprint density at radius 1 is 0.907 bits per heavy atom. The summed E-state index contributed by atoms with van der Waals surface area (Å²) in [5.74, 6) is 0.000726. The van der Waals surface area contributed by atoms with Gasteiger partial charge in [-0.05, 0) is 74.2 Å². The van der Waals surface area contributed by atoms with E-state index in [0.717, 1.165) is 56.0 Å². The molecule has 2 heterocycles. The van der Waals surface area contributed by atoms with Gasteiger partial charge in [0, 0.05) is 64.0 Å². The van der Waals surface area contributed by atoms with E-state index in [9.17, 15) is 18.5 Å². The first-order valence-electron chi connectivity index (χ1n) is 14.8. The van der Waals surface area contributed by atoms with Crippen LogP contribution in [0, 0.1) is 25.2 Å². The van der Waals surface area contributed by atoms with Crippen LogP contribution in [0.1, 0.15) is 46.0 Å². The molecule has 2 saturated heterocycles. The lowest BCUT2D eigenvalue weighted by molar-refractivity contribution is 0.0673. The van der Waals surface area contributed by atoms with Crippen LogP contribution in [0.2, 0.25) is 0 Å². The number of hydrogen-bond donors (Lipinski definition) is 1. The minimum absolute atomic E-state index is 0.000726. The van der Waals surface area contributed by atoms with Gasteiger partial charge in [-0.2, -0.15) is 5.26 Å². The lowest BCUT2D eigenvalue weighted by Crippen LogP contribution is -2.54. The Bertz CT molecular complexity index is 1650. The minimum atomic E-state index is -3.86. The van der Waals surface area contributed by atoms with Gasteiger partial charge in [-0.3, -0.25) is 9.69 Å². The summed E-state index contributed by atoms with van der Waals surface area (Å²) in [4.78, 5) is 22.7. The number of piperazine rings is 1. The van der Waals surface area contributed by atoms with E-state index in [0.29, 0.717) is 36.4 Å². The van der Waals surface area contributed by atoms with Crippen LogP contribution in [0.4, 0.5) is 11.4 Å². The summed E-state index contributed by atoms with van der Waals surface area (Å²) < 4.78 is 24.3. The molecular weight excluding hydrogens is 560 g/mol. The van der Waals surface area contributed by atoms with E-state index in [1.807, 2.05) is 47.9 Å². The van der Waals surface area contributed by atoms with E-state index < -0.39 is 10.0 Å². The second kappa shape index (κ2) is 12.8. The van der Waals surface area contributed by atoms with Gasteiger partial charge in [0.05, 0.1) is 16.9 Å². The van der Waals surface area contributed by atoms with Crippen molar-refractivity contribution in [3.8, 4) is 6.07 Å². The first-order valence-corrected chi connectivity index (χ1v) is 16.4. The summed E-state index contributed by atoms with van der Waals surface area (Å²) in [5.41, 5.74) is 6.26. The van der Waals surface area contributed by atoms with E-state index in [4.69, 9.17) is 5.14 Å². The molecule has 5 rings (SSSR count). The highest BCUT2D eigenvalue weighted by Gasteiger charge is 2.31. The molecule has 10 heteroatoms. The molecule has 0 saturated carbocycles. The van der Waals surface area contributed by atoms with E-state index in [1.54, 1.807) is 18.2 Å². The third kappa shape index (κ3) is 6.69. The maximum Gasteiger partial charge on any atom is 0.254 e. The number of carbonyl (C=O) groups excluding carboxylic acids is 1. The molecule has 2 fully saturated rings. The second-order valence-corrected chi connectivity index (χ2v) is 13.2. The predicted molar refractivity (Wildman–Crippen MR) is 170 cm³/mol. The van der Waals surface area contributed by atoms with Crippen LogP contribution in [0.25, 0.3) is 0 Å². The summed E-state index contributed by atoms with van der Waals surface area (Å²) in [7, 11) is -3.86. The number of primary sulfonamides is 1. The number of hydrogen-bond acceptors (Lipinski definition) is 7. The van der Waals surface area contributed by atoms with Gasteiger partial charge >= 0.3 is 0 Å². The van der Waals surface area contributed by atoms with Crippen LogP contribution in [0.15, 0.2) is 65.6 Å². The second-order valence-electron chi connectivity index (χ2n) is 11.6. The summed E-state index contributed by atoms with van der Waals surface area (Å²) in [5, 5.41) is 15.0. The number of aryl methyl sites for hydroxylation is 2. The molecule has 1 amide bonds. The summed E-state index contributed by atoms with van der Waals surface area (Å²) in [6.07, 6.45) is 0.993. The first kappa shape index (κ1) is 30.5. The van der Waals surface area contributed by atoms with Crippen LogP contribution >= 0.6 is 0 Å². The van der Waals surface area contributed by atoms with Crippen molar-refractivity contribution >= 4 is 27.3 Å². The summed E-state index contributed by atoms with van der Waals surface area (Å²) in [6.45, 7) is 11.9. The molecule has 0 aromatic heterocycles. The van der Waals surface area contributed by atoms with Crippen LogP contribution < -0.4 is 14.9 Å². The Hall–Kier alpha value is -3.91. The molecule has 0 spiro atoms. The average Bonchev–Trinajstić information content (AvgIpc) is 3.23. The fraction of sp³-hybridized carbons (Fsp3) is 0.394. The molecule has 9 nitrogen and oxygen atoms in total. The van der Waals surface area contributed by atoms with Crippen LogP contribution in [-0.4, -0.2) is 76.0 Å². The number of amides is 1. The third-order valence-corrected chi connectivity index (χ3v) is 9.62. The molecule has 43 heavy (non-hydrogen) atoms. The third-order valence-electron chi connectivity index (χ3n) is 8.66. The lowest BCUT2D eigenvalue weighted by Gasteiger charge is -2.41. The van der Waals surface area contributed by atoms with Gasteiger partial charge in [-0.15, -0.1) is 0 Å². The molecule has 1 atom stereocenters. The number of anilines is 2. The van der Waals surface area contributed by atoms with Crippen molar-refractivity contribution in [2.24, 2.45) is 5.14 Å². The Labute approximate surface area is 255 Å². The van der Waals surface area contributed by atoms with Gasteiger partial charge < -0.3 is 14.7 Å². The van der Waals surface area contributed by atoms with Crippen molar-refractivity contribution in [3.05, 3.63) is 88.5 Å². The quantitative estimate of drug-likeness (QED) is 0.457. The van der Waals surface area contributed by atoms with Crippen molar-refractivity contribution in [2.45, 2.75) is 44.7 Å². The number of para-hydroxylation sites is 2. The number of rotatable bonds is 6. The van der Waals surface area contributed by atoms with Crippen molar-refractivity contribution in [2.75, 3.05) is 55.6 Å². The molecule has 3 aromatic rings. The van der Waals surface area contributed by atoms with Crippen molar-refractivity contribution < 1.29 is 13.2 Å². The van der Waals surface area contributed by atoms with Crippen molar-refractivity contribution in [1.82, 2.24) is 9.80 Å². The van der Waals surface area contributed by atoms with Crippen molar-refractivity contribution in [3.63, 3.8) is 0 Å². The summed E-state index contributed by atoms with van der Waals surface area (Å²) >= 11 is 0. The zero-order valence-corrected chi connectivity index (χ0v) is 26.0. The molecule has 0 aliphatic carbocycles. The molecule has 226 valence electrons. The van der Waals surface area contributed by atoms with E-state index in [2.05, 4.69) is 34.9 Å². The highest BCUT2D eigenvalue weighted by atomic mass is 32.2. The van der Waals surface area contributed by atoms with E-state index in [1.165, 1.54) is 11.6 Å². The highest BCUT2D eigenvalue weighted by molar-refractivity contribution is 7.89. The van der Waals surface area contributed by atoms with Crippen LogP contribution in [0.3, 0.4) is 0 Å². The molecule has 1 unspecified atom stereocenters. The average molecular weight is 601 g/mol. The topological polar surface area (TPSA) is 114 Å². The number of nitrogens with zero attached hydrogens (tertiary/aromatic N) is 5. The Morgan fingerprint density at radius 2 is 1.60 bits per heavy atom. The number of benzene rings is 3. The van der Waals surface area contributed by atoms with Gasteiger partial charge in [-0.25, -0.2) is 13.6 Å². The van der Waals surface area contributed by atoms with Crippen LogP contribution in [-0.2, 0) is 16.6 Å². The Morgan fingerprint density at radius 3 is 2.33 bits per heavy atom. The number of sulfonamides is 1. The van der Waals surface area contributed by atoms with Gasteiger partial charge in [-0.1, -0.05) is 30.3 Å². The highest BCUT2D eigenvalue weighted by Crippen LogP contribution is 2.28. The Kier molecular flexibility index (Phi) is 9.06. The standard InChI is InChI=1S/C33H40N6O3S/c1-24-19-25(2)29(20-28(24)23-36-13-8-14-37(16-15-36)30-10-5-4-9-27(30)21-34)33(40)39-18-17-38(22-26(39)3)31-11-6-7-12-32(31)43(35,41)42/h4-7,9-12,19-20,26H,8,13-18,22-23H2,1-3H3,(H2,35,41,42). The largest absolute Gasteiger partial charge is 0.369 e. The summed E-state index contributed by atoms with van der Waals surface area (Å²) in [6, 6.07) is 20.9. The Balaban J connectivity index is 1.28. The molecular formula is C33H40N6O3S. The molecule has 0 radical (unpaired) electrons. The van der Waals surface area contributed by atoms with Gasteiger partial charge in [0.15, 0.2) is 0 Å². The molecule has 0 bridgehead atoms. The normalized spacial score (nSPS) is 18.3. The number of nitriles is 1. The fourth-order valence-corrected chi connectivity index (χ4v) is 7.10. The molecule has 2 N–H and O–H groups in total. The SMILES string of the molecule is Cc1cc(C)c(C(=O)N2CCN(c3ccccc3S(N)(=O)=O)CC2C)cc1CN1CCCN(c2ccccc2C#N)CC1. The van der Waals surface area contributed by atoms with E-state index in [-0.39, 0.29) is 16.8 Å². The monoisotopic (exact) mass is 600 g/mol. The lowest BCUT2D eigenvalue weighted by atomic mass is 9.97. The van der Waals surface area contributed by atoms with E-state index >= 15 is 0 Å². The molecule has 2 aliphatic heterocycles. The number of nitrogens with two attached hydrogens (primary N) is 1. The number of carbonyl (C=O) groups is 1. The molecule has 3 aromatic carbocycles. The first-order chi connectivity index (χ1) is 20.6. The van der Waals surface area contributed by atoms with Gasteiger partial charge in [0.1, 0.15) is 11.0 Å². The predicted octanol–water partition coefficient (Wildman–Crippen LogP) is 3.89. The molecule has 2 aliphatic rings. The van der Waals surface area contributed by atoms with Gasteiger partial charge in [0.2, 0.25) is 10.0 Å². The zero-order valence-electron chi connectivity index (χ0n) is 25.2. The zero-order chi connectivity index (χ0) is 30.7. The smallest absolute Gasteiger partial charge is 0.254 e. The maximum absolute atomic E-state index is 13.9.